The molecule has 0 aromatic heterocycles. The van der Waals surface area contributed by atoms with Gasteiger partial charge < -0.3 is 0 Å². The normalized spacial score (nSPS) is 28.9. The van der Waals surface area contributed by atoms with Gasteiger partial charge in [-0.15, -0.1) is 0 Å². The van der Waals surface area contributed by atoms with E-state index >= 15 is 0 Å². The molecule has 1 heteroatoms. The van der Waals surface area contributed by atoms with E-state index in [1.54, 1.807) is 0 Å². The fourth-order valence-electron chi connectivity index (χ4n) is 3.14. The van der Waals surface area contributed by atoms with Crippen LogP contribution in [0.5, 0.6) is 0 Å². The van der Waals surface area contributed by atoms with Crippen molar-refractivity contribution in [1.29, 1.82) is 0 Å². The molecule has 18 heavy (non-hydrogen) atoms. The van der Waals surface area contributed by atoms with Crippen molar-refractivity contribution in [2.24, 2.45) is 22.7 Å². The zero-order valence-electron chi connectivity index (χ0n) is 12.6. The van der Waals surface area contributed by atoms with E-state index < -0.39 is 0 Å². The van der Waals surface area contributed by atoms with Gasteiger partial charge in [0.15, 0.2) is 0 Å². The lowest BCUT2D eigenvalue weighted by Crippen LogP contribution is -2.29. The van der Waals surface area contributed by atoms with Crippen LogP contribution in [0.2, 0.25) is 0 Å². The summed E-state index contributed by atoms with van der Waals surface area (Å²) in [6.45, 7) is 13.5. The van der Waals surface area contributed by atoms with Crippen LogP contribution < -0.4 is 0 Å². The van der Waals surface area contributed by atoms with Gasteiger partial charge in [0.2, 0.25) is 0 Å². The number of hydrogen-bond donors (Lipinski definition) is 0. The minimum atomic E-state index is 0.0909. The van der Waals surface area contributed by atoms with Crippen LogP contribution in [0.3, 0.4) is 0 Å². The second-order valence-electron chi connectivity index (χ2n) is 7.87. The van der Waals surface area contributed by atoms with E-state index in [0.717, 1.165) is 12.8 Å². The van der Waals surface area contributed by atoms with Gasteiger partial charge in [0.1, 0.15) is 5.78 Å². The van der Waals surface area contributed by atoms with Crippen molar-refractivity contribution in [1.82, 2.24) is 0 Å². The van der Waals surface area contributed by atoms with Gasteiger partial charge in [0.05, 0.1) is 0 Å². The second-order valence-corrected chi connectivity index (χ2v) is 7.87. The average Bonchev–Trinajstić information content (AvgIpc) is 2.56. The summed E-state index contributed by atoms with van der Waals surface area (Å²) >= 11 is 0. The summed E-state index contributed by atoms with van der Waals surface area (Å²) in [4.78, 5) is 12.2. The topological polar surface area (TPSA) is 17.1 Å². The minimum absolute atomic E-state index is 0.0909. The van der Waals surface area contributed by atoms with Crippen LogP contribution in [-0.4, -0.2) is 5.78 Å². The van der Waals surface area contributed by atoms with Gasteiger partial charge in [-0.05, 0) is 28.7 Å². The predicted octanol–water partition coefficient (Wildman–Crippen LogP) is 4.54. The maximum Gasteiger partial charge on any atom is 0.140 e. The van der Waals surface area contributed by atoms with Crippen molar-refractivity contribution in [2.45, 2.75) is 54.4 Å². The molecule has 2 rings (SSSR count). The summed E-state index contributed by atoms with van der Waals surface area (Å²) in [5.74, 6) is 1.06. The SMILES string of the molecule is CC(C)(C)C1=C[C@@H]2CCC(=O)[C@@H]2C(C(C)(C)C)=C1. The number of fused-ring (bicyclic) bond motifs is 1. The molecule has 0 amide bonds. The summed E-state index contributed by atoms with van der Waals surface area (Å²) in [6, 6.07) is 0. The molecule has 0 spiro atoms. The van der Waals surface area contributed by atoms with Crippen LogP contribution in [0.4, 0.5) is 0 Å². The lowest BCUT2D eigenvalue weighted by atomic mass is 9.68. The number of carbonyl (C=O) groups excluding carboxylic acids is 1. The van der Waals surface area contributed by atoms with Crippen molar-refractivity contribution in [3.8, 4) is 0 Å². The highest BCUT2D eigenvalue weighted by atomic mass is 16.1. The molecule has 1 saturated carbocycles. The maximum atomic E-state index is 12.2. The average molecular weight is 246 g/mol. The Kier molecular flexibility index (Phi) is 3.08. The second kappa shape index (κ2) is 4.08. The third-order valence-corrected chi connectivity index (χ3v) is 4.27. The molecule has 100 valence electrons. The zero-order valence-corrected chi connectivity index (χ0v) is 12.6. The highest BCUT2D eigenvalue weighted by Gasteiger charge is 2.42. The minimum Gasteiger partial charge on any atom is -0.299 e. The van der Waals surface area contributed by atoms with E-state index in [2.05, 4.69) is 53.7 Å². The maximum absolute atomic E-state index is 12.2. The van der Waals surface area contributed by atoms with E-state index in [1.807, 2.05) is 0 Å². The first kappa shape index (κ1) is 13.6. The van der Waals surface area contributed by atoms with Crippen molar-refractivity contribution in [3.05, 3.63) is 23.3 Å². The molecule has 2 aliphatic rings. The third-order valence-electron chi connectivity index (χ3n) is 4.27. The van der Waals surface area contributed by atoms with Crippen LogP contribution in [0, 0.1) is 22.7 Å². The van der Waals surface area contributed by atoms with Gasteiger partial charge in [0.25, 0.3) is 0 Å². The zero-order chi connectivity index (χ0) is 13.7. The van der Waals surface area contributed by atoms with E-state index in [1.165, 1.54) is 11.1 Å². The predicted molar refractivity (Wildman–Crippen MR) is 76.3 cm³/mol. The molecule has 0 aliphatic heterocycles. The van der Waals surface area contributed by atoms with E-state index in [9.17, 15) is 4.79 Å². The molecule has 1 fully saturated rings. The molecule has 0 aromatic rings. The fourth-order valence-corrected chi connectivity index (χ4v) is 3.14. The van der Waals surface area contributed by atoms with Gasteiger partial charge in [-0.1, -0.05) is 59.3 Å². The molecule has 2 atom stereocenters. The lowest BCUT2D eigenvalue weighted by molar-refractivity contribution is -0.120. The third kappa shape index (κ3) is 2.32. The summed E-state index contributed by atoms with van der Waals surface area (Å²) in [5, 5.41) is 0. The molecule has 2 aliphatic carbocycles. The van der Waals surface area contributed by atoms with Crippen LogP contribution in [0.15, 0.2) is 23.3 Å². The van der Waals surface area contributed by atoms with Gasteiger partial charge in [-0.3, -0.25) is 4.79 Å². The standard InChI is InChI=1S/C17H26O/c1-16(2,3)12-9-11-7-8-14(18)15(11)13(10-12)17(4,5)6/h9-11,15H,7-8H2,1-6H3/t11-,15-/m0/s1. The van der Waals surface area contributed by atoms with Gasteiger partial charge >= 0.3 is 0 Å². The van der Waals surface area contributed by atoms with Crippen LogP contribution in [-0.2, 0) is 4.79 Å². The largest absolute Gasteiger partial charge is 0.299 e. The van der Waals surface area contributed by atoms with Gasteiger partial charge in [-0.2, -0.15) is 0 Å². The Morgan fingerprint density at radius 1 is 1.06 bits per heavy atom. The van der Waals surface area contributed by atoms with E-state index in [-0.39, 0.29) is 16.7 Å². The number of allylic oxidation sites excluding steroid dienone is 4. The van der Waals surface area contributed by atoms with Crippen molar-refractivity contribution < 1.29 is 4.79 Å². The van der Waals surface area contributed by atoms with Crippen LogP contribution in [0.1, 0.15) is 54.4 Å². The summed E-state index contributed by atoms with van der Waals surface area (Å²) < 4.78 is 0. The molecule has 0 aromatic carbocycles. The molecule has 0 bridgehead atoms. The number of ketones is 1. The van der Waals surface area contributed by atoms with E-state index in [4.69, 9.17) is 0 Å². The summed E-state index contributed by atoms with van der Waals surface area (Å²) in [7, 11) is 0. The molecule has 0 N–H and O–H groups in total. The van der Waals surface area contributed by atoms with Crippen molar-refractivity contribution >= 4 is 5.78 Å². The lowest BCUT2D eigenvalue weighted by Gasteiger charge is -2.36. The Morgan fingerprint density at radius 2 is 1.67 bits per heavy atom. The highest BCUT2D eigenvalue weighted by Crippen LogP contribution is 2.48. The Bertz CT molecular complexity index is 424. The van der Waals surface area contributed by atoms with Gasteiger partial charge in [-0.25, -0.2) is 0 Å². The monoisotopic (exact) mass is 246 g/mol. The molecule has 1 nitrogen and oxygen atoms in total. The first-order valence-corrected chi connectivity index (χ1v) is 7.08. The number of Topliss-reactive ketones (excluding diaryl/α,β-unsaturated/α-hetero) is 1. The summed E-state index contributed by atoms with van der Waals surface area (Å²) in [6.07, 6.45) is 6.47. The Hall–Kier alpha value is -0.850. The molecule has 0 saturated heterocycles. The van der Waals surface area contributed by atoms with E-state index in [0.29, 0.717) is 11.7 Å². The van der Waals surface area contributed by atoms with Gasteiger partial charge in [0, 0.05) is 12.3 Å². The number of rotatable bonds is 0. The fraction of sp³-hybridized carbons (Fsp3) is 0.706. The Morgan fingerprint density at radius 3 is 2.17 bits per heavy atom. The molecule has 0 heterocycles. The van der Waals surface area contributed by atoms with Crippen molar-refractivity contribution in [2.75, 3.05) is 0 Å². The molecule has 0 radical (unpaired) electrons. The molecular weight excluding hydrogens is 220 g/mol. The number of carbonyl (C=O) groups is 1. The molecule has 0 unspecified atom stereocenters. The first-order chi connectivity index (χ1) is 8.10. The quantitative estimate of drug-likeness (QED) is 0.613. The Balaban J connectivity index is 2.49. The first-order valence-electron chi connectivity index (χ1n) is 7.08. The van der Waals surface area contributed by atoms with Crippen LogP contribution >= 0.6 is 0 Å². The highest BCUT2D eigenvalue weighted by molar-refractivity contribution is 5.87. The number of hydrogen-bond acceptors (Lipinski definition) is 1. The molecular formula is C17H26O. The van der Waals surface area contributed by atoms with Crippen LogP contribution in [0.25, 0.3) is 0 Å². The smallest absolute Gasteiger partial charge is 0.140 e. The van der Waals surface area contributed by atoms with Crippen molar-refractivity contribution in [3.63, 3.8) is 0 Å². The summed E-state index contributed by atoms with van der Waals surface area (Å²) in [5.41, 5.74) is 3.02. The Labute approximate surface area is 111 Å².